The number of nitrogens with one attached hydrogen (secondary N) is 1. The van der Waals surface area contributed by atoms with Gasteiger partial charge in [-0.2, -0.15) is 0 Å². The zero-order chi connectivity index (χ0) is 14.1. The van der Waals surface area contributed by atoms with Crippen molar-refractivity contribution in [3.63, 3.8) is 0 Å². The van der Waals surface area contributed by atoms with Crippen molar-refractivity contribution in [2.75, 3.05) is 26.2 Å². The lowest BCUT2D eigenvalue weighted by molar-refractivity contribution is 0.157. The number of nitrogens with zero attached hydrogens (tertiary/aromatic N) is 1. The summed E-state index contributed by atoms with van der Waals surface area (Å²) in [7, 11) is 0. The second-order valence-corrected chi connectivity index (χ2v) is 6.77. The van der Waals surface area contributed by atoms with Crippen LogP contribution in [0.2, 0.25) is 0 Å². The smallest absolute Gasteiger partial charge is 0.0107 e. The summed E-state index contributed by atoms with van der Waals surface area (Å²) in [6, 6.07) is 0.694. The Morgan fingerprint density at radius 2 is 1.79 bits per heavy atom. The molecule has 1 heterocycles. The van der Waals surface area contributed by atoms with Gasteiger partial charge in [-0.25, -0.2) is 0 Å². The molecule has 0 aliphatic carbocycles. The number of hydrogen-bond acceptors (Lipinski definition) is 2. The lowest BCUT2D eigenvalue weighted by atomic mass is 9.87. The first-order chi connectivity index (χ1) is 9.13. The standard InChI is InChI=1S/C17H36N2/c1-5-6-7-8-16(4)18-11-14-19-12-9-17(10-13-19)15(2)3/h15-18H,5-14H2,1-4H3. The van der Waals surface area contributed by atoms with E-state index in [2.05, 4.69) is 37.9 Å². The van der Waals surface area contributed by atoms with E-state index in [1.165, 1.54) is 64.7 Å². The minimum Gasteiger partial charge on any atom is -0.313 e. The molecule has 0 spiro atoms. The summed E-state index contributed by atoms with van der Waals surface area (Å²) in [6.45, 7) is 14.4. The van der Waals surface area contributed by atoms with Crippen LogP contribution in [0.25, 0.3) is 0 Å². The van der Waals surface area contributed by atoms with Gasteiger partial charge in [-0.05, 0) is 51.1 Å². The third-order valence-corrected chi connectivity index (χ3v) is 4.74. The molecule has 1 unspecified atom stereocenters. The molecule has 0 aromatic carbocycles. The first-order valence-corrected chi connectivity index (χ1v) is 8.59. The Kier molecular flexibility index (Phi) is 8.72. The van der Waals surface area contributed by atoms with Crippen molar-refractivity contribution in [3.05, 3.63) is 0 Å². The van der Waals surface area contributed by atoms with Gasteiger partial charge >= 0.3 is 0 Å². The Bertz CT molecular complexity index is 207. The van der Waals surface area contributed by atoms with Gasteiger partial charge < -0.3 is 10.2 Å². The normalized spacial score (nSPS) is 20.1. The van der Waals surface area contributed by atoms with E-state index in [9.17, 15) is 0 Å². The van der Waals surface area contributed by atoms with Crippen molar-refractivity contribution in [2.45, 2.75) is 72.3 Å². The summed E-state index contributed by atoms with van der Waals surface area (Å²) in [5.41, 5.74) is 0. The molecule has 0 aromatic heterocycles. The average molecular weight is 268 g/mol. The highest BCUT2D eigenvalue weighted by molar-refractivity contribution is 4.75. The van der Waals surface area contributed by atoms with Gasteiger partial charge in [0.25, 0.3) is 0 Å². The summed E-state index contributed by atoms with van der Waals surface area (Å²) < 4.78 is 0. The van der Waals surface area contributed by atoms with Crippen LogP contribution < -0.4 is 5.32 Å². The molecule has 2 nitrogen and oxygen atoms in total. The summed E-state index contributed by atoms with van der Waals surface area (Å²) >= 11 is 0. The van der Waals surface area contributed by atoms with Crippen LogP contribution in [0.3, 0.4) is 0 Å². The molecule has 0 saturated carbocycles. The average Bonchev–Trinajstić information content (AvgIpc) is 2.39. The fourth-order valence-corrected chi connectivity index (χ4v) is 3.11. The van der Waals surface area contributed by atoms with E-state index in [0.29, 0.717) is 6.04 Å². The highest BCUT2D eigenvalue weighted by Crippen LogP contribution is 2.23. The van der Waals surface area contributed by atoms with Crippen molar-refractivity contribution >= 4 is 0 Å². The van der Waals surface area contributed by atoms with Gasteiger partial charge in [0.05, 0.1) is 0 Å². The van der Waals surface area contributed by atoms with E-state index in [1.807, 2.05) is 0 Å². The van der Waals surface area contributed by atoms with Gasteiger partial charge in [0.2, 0.25) is 0 Å². The molecule has 1 atom stereocenters. The molecule has 2 heteroatoms. The van der Waals surface area contributed by atoms with E-state index in [4.69, 9.17) is 0 Å². The maximum Gasteiger partial charge on any atom is 0.0107 e. The topological polar surface area (TPSA) is 15.3 Å². The van der Waals surface area contributed by atoms with Crippen LogP contribution >= 0.6 is 0 Å². The Hall–Kier alpha value is -0.0800. The lowest BCUT2D eigenvalue weighted by Gasteiger charge is -2.34. The highest BCUT2D eigenvalue weighted by atomic mass is 15.1. The molecule has 0 radical (unpaired) electrons. The van der Waals surface area contributed by atoms with E-state index in [-0.39, 0.29) is 0 Å². The second-order valence-electron chi connectivity index (χ2n) is 6.77. The van der Waals surface area contributed by atoms with E-state index in [1.54, 1.807) is 0 Å². The molecule has 1 N–H and O–H groups in total. The minimum absolute atomic E-state index is 0.694. The van der Waals surface area contributed by atoms with Gasteiger partial charge in [-0.15, -0.1) is 0 Å². The Morgan fingerprint density at radius 3 is 2.37 bits per heavy atom. The quantitative estimate of drug-likeness (QED) is 0.638. The van der Waals surface area contributed by atoms with Gasteiger partial charge in [0, 0.05) is 19.1 Å². The SMILES string of the molecule is CCCCCC(C)NCCN1CCC(C(C)C)CC1. The second kappa shape index (κ2) is 9.77. The van der Waals surface area contributed by atoms with Crippen LogP contribution in [0.15, 0.2) is 0 Å². The number of likely N-dealkylation sites (tertiary alicyclic amines) is 1. The lowest BCUT2D eigenvalue weighted by Crippen LogP contribution is -2.40. The zero-order valence-electron chi connectivity index (χ0n) is 13.8. The van der Waals surface area contributed by atoms with Crippen molar-refractivity contribution in [3.8, 4) is 0 Å². The Balaban J connectivity index is 2.01. The number of hydrogen-bond donors (Lipinski definition) is 1. The summed E-state index contributed by atoms with van der Waals surface area (Å²) in [5.74, 6) is 1.84. The molecule has 1 aliphatic heterocycles. The number of piperidine rings is 1. The maximum absolute atomic E-state index is 3.68. The largest absolute Gasteiger partial charge is 0.313 e. The molecule has 114 valence electrons. The maximum atomic E-state index is 3.68. The van der Waals surface area contributed by atoms with Crippen molar-refractivity contribution < 1.29 is 0 Å². The zero-order valence-corrected chi connectivity index (χ0v) is 13.8. The molecule has 1 fully saturated rings. The van der Waals surface area contributed by atoms with Crippen LogP contribution in [0.1, 0.15) is 66.2 Å². The number of unbranched alkanes of at least 4 members (excludes halogenated alkanes) is 2. The summed E-state index contributed by atoms with van der Waals surface area (Å²) in [6.07, 6.45) is 8.24. The monoisotopic (exact) mass is 268 g/mol. The van der Waals surface area contributed by atoms with E-state index in [0.717, 1.165) is 11.8 Å². The van der Waals surface area contributed by atoms with Crippen LogP contribution in [0.4, 0.5) is 0 Å². The predicted molar refractivity (Wildman–Crippen MR) is 85.6 cm³/mol. The van der Waals surface area contributed by atoms with Crippen LogP contribution in [0.5, 0.6) is 0 Å². The molecular formula is C17H36N2. The van der Waals surface area contributed by atoms with Crippen LogP contribution in [0, 0.1) is 11.8 Å². The molecule has 0 aromatic rings. The van der Waals surface area contributed by atoms with E-state index >= 15 is 0 Å². The van der Waals surface area contributed by atoms with Gasteiger partial charge in [-0.1, -0.05) is 40.0 Å². The minimum atomic E-state index is 0.694. The van der Waals surface area contributed by atoms with Crippen molar-refractivity contribution in [1.82, 2.24) is 10.2 Å². The van der Waals surface area contributed by atoms with Gasteiger partial charge in [-0.3, -0.25) is 0 Å². The van der Waals surface area contributed by atoms with Gasteiger partial charge in [0.15, 0.2) is 0 Å². The first kappa shape index (κ1) is 17.0. The summed E-state index contributed by atoms with van der Waals surface area (Å²) in [5, 5.41) is 3.68. The molecule has 0 amide bonds. The van der Waals surface area contributed by atoms with Crippen LogP contribution in [-0.4, -0.2) is 37.1 Å². The predicted octanol–water partition coefficient (Wildman–Crippen LogP) is 3.91. The first-order valence-electron chi connectivity index (χ1n) is 8.59. The molecule has 1 rings (SSSR count). The summed E-state index contributed by atoms with van der Waals surface area (Å²) in [4.78, 5) is 2.64. The van der Waals surface area contributed by atoms with Gasteiger partial charge in [0.1, 0.15) is 0 Å². The third-order valence-electron chi connectivity index (χ3n) is 4.74. The van der Waals surface area contributed by atoms with Crippen molar-refractivity contribution in [2.24, 2.45) is 11.8 Å². The van der Waals surface area contributed by atoms with E-state index < -0.39 is 0 Å². The third kappa shape index (κ3) is 7.31. The molecular weight excluding hydrogens is 232 g/mol. The fourth-order valence-electron chi connectivity index (χ4n) is 3.11. The Morgan fingerprint density at radius 1 is 1.11 bits per heavy atom. The highest BCUT2D eigenvalue weighted by Gasteiger charge is 2.20. The molecule has 1 aliphatic rings. The van der Waals surface area contributed by atoms with Crippen molar-refractivity contribution in [1.29, 1.82) is 0 Å². The van der Waals surface area contributed by atoms with Crippen LogP contribution in [-0.2, 0) is 0 Å². The molecule has 19 heavy (non-hydrogen) atoms. The molecule has 0 bridgehead atoms. The fraction of sp³-hybridized carbons (Fsp3) is 1.00. The Labute approximate surface area is 121 Å². The number of rotatable bonds is 9. The molecule has 1 saturated heterocycles.